The summed E-state index contributed by atoms with van der Waals surface area (Å²) in [5.74, 6) is 0.342. The van der Waals surface area contributed by atoms with Gasteiger partial charge in [-0.2, -0.15) is 0 Å². The third kappa shape index (κ3) is 4.30. The van der Waals surface area contributed by atoms with Gasteiger partial charge in [-0.15, -0.1) is 0 Å². The number of aliphatic imine (C=N–C) groups is 1. The topological polar surface area (TPSA) is 79.7 Å². The van der Waals surface area contributed by atoms with Crippen LogP contribution in [0.1, 0.15) is 32.9 Å². The second-order valence-electron chi connectivity index (χ2n) is 8.04. The molecule has 0 saturated carbocycles. The van der Waals surface area contributed by atoms with Crippen LogP contribution in [0.2, 0.25) is 0 Å². The molecular weight excluding hydrogens is 402 g/mol. The lowest BCUT2D eigenvalue weighted by molar-refractivity contribution is 0.0337. The molecule has 4 heterocycles. The average molecular weight is 428 g/mol. The highest BCUT2D eigenvalue weighted by Gasteiger charge is 2.23. The van der Waals surface area contributed by atoms with Crippen LogP contribution in [-0.4, -0.2) is 52.8 Å². The zero-order valence-electron chi connectivity index (χ0n) is 18.0. The van der Waals surface area contributed by atoms with E-state index in [9.17, 15) is 4.79 Å². The van der Waals surface area contributed by atoms with E-state index in [1.54, 1.807) is 6.20 Å². The molecule has 0 unspecified atom stereocenters. The number of fused-ring (bicyclic) bond motifs is 1. The van der Waals surface area contributed by atoms with Crippen LogP contribution in [-0.2, 0) is 17.7 Å². The van der Waals surface area contributed by atoms with Crippen molar-refractivity contribution in [3.05, 3.63) is 82.8 Å². The fourth-order valence-electron chi connectivity index (χ4n) is 4.16. The number of anilines is 1. The lowest BCUT2D eigenvalue weighted by Crippen LogP contribution is -2.35. The van der Waals surface area contributed by atoms with Crippen LogP contribution < -0.4 is 5.32 Å². The number of nitrogens with one attached hydrogen (secondary N) is 1. The van der Waals surface area contributed by atoms with Crippen LogP contribution in [0.15, 0.2) is 59.7 Å². The second kappa shape index (κ2) is 8.98. The molecule has 2 aromatic heterocycles. The number of rotatable bonds is 5. The zero-order valence-corrected chi connectivity index (χ0v) is 18.0. The van der Waals surface area contributed by atoms with Crippen molar-refractivity contribution in [2.75, 3.05) is 31.6 Å². The predicted octanol–water partition coefficient (Wildman–Crippen LogP) is 3.55. The number of ether oxygens (including phenoxy) is 1. The zero-order chi connectivity index (χ0) is 21.9. The molecule has 0 bridgehead atoms. The van der Waals surface area contributed by atoms with Crippen molar-refractivity contribution in [1.29, 1.82) is 0 Å². The first kappa shape index (κ1) is 20.5. The number of hydrogen-bond donors (Lipinski definition) is 1. The number of benzene rings is 1. The molecule has 1 fully saturated rings. The number of hydrogen-bond acceptors (Lipinski definition) is 6. The van der Waals surface area contributed by atoms with Gasteiger partial charge in [-0.3, -0.25) is 19.7 Å². The number of para-hydroxylation sites is 1. The van der Waals surface area contributed by atoms with Gasteiger partial charge >= 0.3 is 0 Å². The Balaban J connectivity index is 1.35. The lowest BCUT2D eigenvalue weighted by atomic mass is 10.0. The summed E-state index contributed by atoms with van der Waals surface area (Å²) in [4.78, 5) is 29.3. The van der Waals surface area contributed by atoms with Crippen molar-refractivity contribution in [1.82, 2.24) is 14.9 Å². The van der Waals surface area contributed by atoms with Crippen LogP contribution in [0.5, 0.6) is 0 Å². The van der Waals surface area contributed by atoms with Gasteiger partial charge in [0.2, 0.25) is 0 Å². The first-order valence-electron chi connectivity index (χ1n) is 10.9. The molecular formula is C25H25N5O2. The Morgan fingerprint density at radius 2 is 1.94 bits per heavy atom. The van der Waals surface area contributed by atoms with E-state index in [2.05, 4.69) is 20.2 Å². The maximum atomic E-state index is 13.1. The van der Waals surface area contributed by atoms with E-state index in [0.29, 0.717) is 17.8 Å². The Bertz CT molecular complexity index is 1180. The number of aryl methyl sites for hydroxylation is 1. The maximum absolute atomic E-state index is 13.1. The second-order valence-corrected chi connectivity index (χ2v) is 8.04. The van der Waals surface area contributed by atoms with E-state index >= 15 is 0 Å². The van der Waals surface area contributed by atoms with Crippen molar-refractivity contribution in [3.63, 3.8) is 0 Å². The largest absolute Gasteiger partial charge is 0.379 e. The lowest BCUT2D eigenvalue weighted by Gasteiger charge is -2.26. The summed E-state index contributed by atoms with van der Waals surface area (Å²) < 4.78 is 5.41. The summed E-state index contributed by atoms with van der Waals surface area (Å²) in [5.41, 5.74) is 6.16. The van der Waals surface area contributed by atoms with Crippen molar-refractivity contribution >= 4 is 23.1 Å². The van der Waals surface area contributed by atoms with Crippen molar-refractivity contribution < 1.29 is 9.53 Å². The molecule has 1 saturated heterocycles. The molecule has 3 aromatic rings. The van der Waals surface area contributed by atoms with Crippen LogP contribution in [0.3, 0.4) is 0 Å². The molecule has 32 heavy (non-hydrogen) atoms. The summed E-state index contributed by atoms with van der Waals surface area (Å²) in [5, 5.41) is 2.96. The Labute approximate surface area is 187 Å². The fraction of sp³-hybridized carbons (Fsp3) is 0.280. The number of carbonyl (C=O) groups is 1. The fourth-order valence-corrected chi connectivity index (χ4v) is 4.16. The molecule has 0 spiro atoms. The van der Waals surface area contributed by atoms with Gasteiger partial charge in [0.15, 0.2) is 0 Å². The number of amides is 1. The molecule has 0 radical (unpaired) electrons. The monoisotopic (exact) mass is 427 g/mol. The minimum Gasteiger partial charge on any atom is -0.379 e. The minimum atomic E-state index is -0.203. The summed E-state index contributed by atoms with van der Waals surface area (Å²) in [6, 6.07) is 15.4. The SMILES string of the molecule is Cc1ncccc1C1=Nc2c(cccc2C(=O)Nc2cccc(CN3CCOCC3)n2)C1. The highest BCUT2D eigenvalue weighted by molar-refractivity contribution is 6.13. The molecule has 7 nitrogen and oxygen atoms in total. The molecule has 162 valence electrons. The summed E-state index contributed by atoms with van der Waals surface area (Å²) in [6.45, 7) is 6.00. The van der Waals surface area contributed by atoms with Crippen molar-refractivity contribution in [2.45, 2.75) is 19.9 Å². The van der Waals surface area contributed by atoms with Crippen LogP contribution in [0.4, 0.5) is 11.5 Å². The first-order chi connectivity index (χ1) is 15.7. The molecule has 0 atom stereocenters. The van der Waals surface area contributed by atoms with Gasteiger partial charge < -0.3 is 10.1 Å². The van der Waals surface area contributed by atoms with Gasteiger partial charge in [0.25, 0.3) is 5.91 Å². The number of aromatic nitrogens is 2. The number of nitrogens with zero attached hydrogens (tertiary/aromatic N) is 4. The summed E-state index contributed by atoms with van der Waals surface area (Å²) in [6.07, 6.45) is 2.47. The van der Waals surface area contributed by atoms with E-state index in [-0.39, 0.29) is 5.91 Å². The normalized spacial score (nSPS) is 15.8. The molecule has 5 rings (SSSR count). The van der Waals surface area contributed by atoms with Gasteiger partial charge in [0, 0.05) is 43.5 Å². The molecule has 1 aromatic carbocycles. The Morgan fingerprint density at radius 1 is 1.09 bits per heavy atom. The standard InChI is InChI=1S/C25H25N5O2/c1-17-20(8-4-10-26-17)22-15-18-5-2-7-21(24(18)28-22)25(31)29-23-9-3-6-19(27-23)16-30-11-13-32-14-12-30/h2-10H,11-16H2,1H3,(H,27,29,31). The Kier molecular flexibility index (Phi) is 5.75. The average Bonchev–Trinajstić information content (AvgIpc) is 3.24. The van der Waals surface area contributed by atoms with Crippen LogP contribution in [0, 0.1) is 6.92 Å². The van der Waals surface area contributed by atoms with E-state index in [1.807, 2.05) is 55.5 Å². The van der Waals surface area contributed by atoms with Crippen molar-refractivity contribution in [2.24, 2.45) is 4.99 Å². The molecule has 2 aliphatic rings. The molecule has 1 amide bonds. The van der Waals surface area contributed by atoms with E-state index in [0.717, 1.165) is 66.8 Å². The maximum Gasteiger partial charge on any atom is 0.259 e. The van der Waals surface area contributed by atoms with Gasteiger partial charge in [0.05, 0.1) is 35.9 Å². The quantitative estimate of drug-likeness (QED) is 0.674. The molecule has 2 aliphatic heterocycles. The van der Waals surface area contributed by atoms with E-state index in [4.69, 9.17) is 9.73 Å². The minimum absolute atomic E-state index is 0.203. The smallest absolute Gasteiger partial charge is 0.259 e. The van der Waals surface area contributed by atoms with Gasteiger partial charge in [-0.05, 0) is 42.8 Å². The van der Waals surface area contributed by atoms with E-state index in [1.165, 1.54) is 0 Å². The number of pyridine rings is 2. The van der Waals surface area contributed by atoms with E-state index < -0.39 is 0 Å². The highest BCUT2D eigenvalue weighted by atomic mass is 16.5. The van der Waals surface area contributed by atoms with Crippen molar-refractivity contribution in [3.8, 4) is 0 Å². The highest BCUT2D eigenvalue weighted by Crippen LogP contribution is 2.33. The predicted molar refractivity (Wildman–Crippen MR) is 124 cm³/mol. The van der Waals surface area contributed by atoms with Crippen LogP contribution >= 0.6 is 0 Å². The third-order valence-corrected chi connectivity index (χ3v) is 5.82. The number of carbonyl (C=O) groups excluding carboxylic acids is 1. The van der Waals surface area contributed by atoms with Crippen LogP contribution in [0.25, 0.3) is 0 Å². The molecule has 1 N–H and O–H groups in total. The van der Waals surface area contributed by atoms with Gasteiger partial charge in [-0.25, -0.2) is 4.98 Å². The summed E-state index contributed by atoms with van der Waals surface area (Å²) >= 11 is 0. The summed E-state index contributed by atoms with van der Waals surface area (Å²) in [7, 11) is 0. The molecule has 7 heteroatoms. The number of morpholine rings is 1. The Hall–Kier alpha value is -3.42. The van der Waals surface area contributed by atoms with Gasteiger partial charge in [0.1, 0.15) is 5.82 Å². The van der Waals surface area contributed by atoms with Gasteiger partial charge in [-0.1, -0.05) is 18.2 Å². The third-order valence-electron chi connectivity index (χ3n) is 5.82. The molecule has 0 aliphatic carbocycles. The Morgan fingerprint density at radius 3 is 2.78 bits per heavy atom. The first-order valence-corrected chi connectivity index (χ1v) is 10.9.